The third kappa shape index (κ3) is 5.27. The number of aromatic nitrogens is 5. The molecule has 0 N–H and O–H groups in total. The number of nitrogens with zero attached hydrogens (tertiary/aromatic N) is 5. The van der Waals surface area contributed by atoms with Crippen molar-refractivity contribution in [3.05, 3.63) is 107 Å². The van der Waals surface area contributed by atoms with Crippen molar-refractivity contribution in [3.63, 3.8) is 0 Å². The van der Waals surface area contributed by atoms with Crippen LogP contribution in [0.1, 0.15) is 11.1 Å². The molecule has 0 radical (unpaired) electrons. The Hall–Kier alpha value is -4.83. The molecule has 0 aliphatic heterocycles. The van der Waals surface area contributed by atoms with E-state index in [4.69, 9.17) is 24.1 Å². The monoisotopic (exact) mass is 539 g/mol. The van der Waals surface area contributed by atoms with Crippen LogP contribution < -0.4 is 9.47 Å². The average Bonchev–Trinajstić information content (AvgIpc) is 3.76. The number of methoxy groups -OCH3 is 1. The van der Waals surface area contributed by atoms with Crippen LogP contribution in [0.2, 0.25) is 0 Å². The lowest BCUT2D eigenvalue weighted by molar-refractivity contribution is 0.295. The second-order valence-electron chi connectivity index (χ2n) is 8.61. The van der Waals surface area contributed by atoms with Crippen LogP contribution >= 0.6 is 11.3 Å². The largest absolute Gasteiger partial charge is 0.497 e. The predicted octanol–water partition coefficient (Wildman–Crippen LogP) is 6.50. The molecule has 0 amide bonds. The van der Waals surface area contributed by atoms with Gasteiger partial charge in [0.1, 0.15) is 35.8 Å². The van der Waals surface area contributed by atoms with Crippen LogP contribution in [0.5, 0.6) is 11.6 Å². The van der Waals surface area contributed by atoms with Gasteiger partial charge in [0, 0.05) is 17.8 Å². The molecule has 39 heavy (non-hydrogen) atoms. The molecule has 0 aliphatic carbocycles. The Balaban J connectivity index is 1.37. The zero-order valence-corrected chi connectivity index (χ0v) is 21.6. The molecule has 0 bridgehead atoms. The Morgan fingerprint density at radius 1 is 1.03 bits per heavy atom. The first-order valence-corrected chi connectivity index (χ1v) is 13.0. The molecule has 4 aromatic heterocycles. The fourth-order valence-electron chi connectivity index (χ4n) is 4.07. The zero-order valence-electron chi connectivity index (χ0n) is 20.8. The molecule has 0 saturated heterocycles. The number of halogens is 1. The van der Waals surface area contributed by atoms with E-state index in [0.29, 0.717) is 41.0 Å². The predicted molar refractivity (Wildman–Crippen MR) is 145 cm³/mol. The Kier molecular flexibility index (Phi) is 6.84. The van der Waals surface area contributed by atoms with Crippen molar-refractivity contribution < 1.29 is 18.4 Å². The highest BCUT2D eigenvalue weighted by Gasteiger charge is 2.19. The SMILES string of the molecule is COc1ccc(COc2nc(-c3cc(-c4ccon4)n(Cc4ccccc4F)n3)ncc2-c2ccsc2)cc1. The quantitative estimate of drug-likeness (QED) is 0.207. The minimum absolute atomic E-state index is 0.197. The molecule has 6 aromatic rings. The van der Waals surface area contributed by atoms with E-state index in [1.54, 1.807) is 53.6 Å². The summed E-state index contributed by atoms with van der Waals surface area (Å²) in [4.78, 5) is 9.37. The van der Waals surface area contributed by atoms with E-state index < -0.39 is 0 Å². The fraction of sp³-hybridized carbons (Fsp3) is 0.103. The smallest absolute Gasteiger partial charge is 0.225 e. The third-order valence-corrected chi connectivity index (χ3v) is 6.79. The first-order valence-electron chi connectivity index (χ1n) is 12.1. The van der Waals surface area contributed by atoms with Gasteiger partial charge in [-0.25, -0.2) is 9.37 Å². The van der Waals surface area contributed by atoms with Crippen molar-refractivity contribution in [2.24, 2.45) is 0 Å². The van der Waals surface area contributed by atoms with Gasteiger partial charge in [-0.2, -0.15) is 21.4 Å². The summed E-state index contributed by atoms with van der Waals surface area (Å²) >= 11 is 1.58. The van der Waals surface area contributed by atoms with Crippen LogP contribution in [-0.2, 0) is 13.2 Å². The van der Waals surface area contributed by atoms with Crippen LogP contribution in [0.3, 0.4) is 0 Å². The number of hydrogen-bond donors (Lipinski definition) is 0. The number of hydrogen-bond acceptors (Lipinski definition) is 8. The number of benzene rings is 2. The van der Waals surface area contributed by atoms with E-state index in [-0.39, 0.29) is 12.4 Å². The van der Waals surface area contributed by atoms with Gasteiger partial charge in [0.2, 0.25) is 5.88 Å². The van der Waals surface area contributed by atoms with Gasteiger partial charge in [0.25, 0.3) is 0 Å². The molecule has 10 heteroatoms. The summed E-state index contributed by atoms with van der Waals surface area (Å²) in [6.45, 7) is 0.506. The molecule has 0 unspecified atom stereocenters. The molecule has 8 nitrogen and oxygen atoms in total. The van der Waals surface area contributed by atoms with Gasteiger partial charge >= 0.3 is 0 Å². The highest BCUT2D eigenvalue weighted by molar-refractivity contribution is 7.08. The van der Waals surface area contributed by atoms with Crippen molar-refractivity contribution in [2.75, 3.05) is 7.11 Å². The highest BCUT2D eigenvalue weighted by atomic mass is 32.1. The lowest BCUT2D eigenvalue weighted by atomic mass is 10.2. The molecule has 0 fully saturated rings. The molecule has 0 atom stereocenters. The van der Waals surface area contributed by atoms with Crippen molar-refractivity contribution in [1.82, 2.24) is 24.9 Å². The van der Waals surface area contributed by atoms with E-state index in [2.05, 4.69) is 10.1 Å². The van der Waals surface area contributed by atoms with Crippen molar-refractivity contribution >= 4 is 11.3 Å². The van der Waals surface area contributed by atoms with Gasteiger partial charge in [-0.1, -0.05) is 35.5 Å². The summed E-state index contributed by atoms with van der Waals surface area (Å²) in [5.41, 5.74) is 4.91. The molecule has 6 rings (SSSR count). The molecule has 0 spiro atoms. The van der Waals surface area contributed by atoms with Crippen LogP contribution in [0.4, 0.5) is 4.39 Å². The number of thiophene rings is 1. The second kappa shape index (κ2) is 10.9. The van der Waals surface area contributed by atoms with E-state index in [0.717, 1.165) is 22.4 Å². The summed E-state index contributed by atoms with van der Waals surface area (Å²) in [5, 5.41) is 12.8. The van der Waals surface area contributed by atoms with Crippen LogP contribution in [-0.4, -0.2) is 32.0 Å². The molecule has 0 saturated carbocycles. The van der Waals surface area contributed by atoms with Gasteiger partial charge in [-0.15, -0.1) is 0 Å². The maximum absolute atomic E-state index is 14.5. The number of ether oxygens (including phenoxy) is 2. The van der Waals surface area contributed by atoms with Crippen LogP contribution in [0.15, 0.2) is 94.5 Å². The summed E-state index contributed by atoms with van der Waals surface area (Å²) in [7, 11) is 1.63. The molecule has 0 aliphatic rings. The first-order chi connectivity index (χ1) is 19.2. The lowest BCUT2D eigenvalue weighted by Crippen LogP contribution is -2.06. The van der Waals surface area contributed by atoms with Gasteiger partial charge in [-0.05, 0) is 52.2 Å². The van der Waals surface area contributed by atoms with E-state index in [9.17, 15) is 4.39 Å². The first kappa shape index (κ1) is 24.5. The van der Waals surface area contributed by atoms with E-state index >= 15 is 0 Å². The Labute approximate surface area is 227 Å². The standard InChI is InChI=1S/C29H22FN5O3S/c1-36-22-8-6-19(7-9-22)17-37-29-23(21-11-13-39-18-21)15-31-28(32-29)26-14-27(25-10-12-38-34-25)35(33-26)16-20-4-2-3-5-24(20)30/h2-15,18H,16-17H2,1H3. The van der Waals surface area contributed by atoms with Gasteiger partial charge in [0.15, 0.2) is 5.82 Å². The van der Waals surface area contributed by atoms with Gasteiger partial charge < -0.3 is 14.0 Å². The Morgan fingerprint density at radius 2 is 1.90 bits per heavy atom. The fourth-order valence-corrected chi connectivity index (χ4v) is 4.73. The molecule has 4 heterocycles. The topological polar surface area (TPSA) is 88.1 Å². The Morgan fingerprint density at radius 3 is 2.64 bits per heavy atom. The zero-order chi connectivity index (χ0) is 26.6. The minimum Gasteiger partial charge on any atom is -0.497 e. The average molecular weight is 540 g/mol. The summed E-state index contributed by atoms with van der Waals surface area (Å²) in [5.74, 6) is 1.26. The second-order valence-corrected chi connectivity index (χ2v) is 9.39. The number of rotatable bonds is 9. The van der Waals surface area contributed by atoms with Crippen molar-refractivity contribution in [3.8, 4) is 45.7 Å². The highest BCUT2D eigenvalue weighted by Crippen LogP contribution is 2.33. The van der Waals surface area contributed by atoms with Crippen LogP contribution in [0.25, 0.3) is 34.0 Å². The normalized spacial score (nSPS) is 11.0. The van der Waals surface area contributed by atoms with Crippen molar-refractivity contribution in [2.45, 2.75) is 13.2 Å². The lowest BCUT2D eigenvalue weighted by Gasteiger charge is -2.11. The Bertz CT molecular complexity index is 1680. The summed E-state index contributed by atoms with van der Waals surface area (Å²) in [6.07, 6.45) is 3.21. The van der Waals surface area contributed by atoms with E-state index in [1.165, 1.54) is 12.3 Å². The van der Waals surface area contributed by atoms with Crippen LogP contribution in [0, 0.1) is 5.82 Å². The summed E-state index contributed by atoms with van der Waals surface area (Å²) in [6, 6.07) is 19.8. The van der Waals surface area contributed by atoms with Gasteiger partial charge in [0.05, 0.1) is 24.9 Å². The molecule has 194 valence electrons. The third-order valence-electron chi connectivity index (χ3n) is 6.11. The van der Waals surface area contributed by atoms with Gasteiger partial charge in [-0.3, -0.25) is 4.68 Å². The van der Waals surface area contributed by atoms with E-state index in [1.807, 2.05) is 47.2 Å². The summed E-state index contributed by atoms with van der Waals surface area (Å²) < 4.78 is 32.6. The molecule has 2 aromatic carbocycles. The molecular weight excluding hydrogens is 517 g/mol. The maximum atomic E-state index is 14.5. The molecular formula is C29H22FN5O3S. The maximum Gasteiger partial charge on any atom is 0.225 e. The minimum atomic E-state index is -0.314. The van der Waals surface area contributed by atoms with Crippen molar-refractivity contribution in [1.29, 1.82) is 0 Å².